The van der Waals surface area contributed by atoms with E-state index in [-0.39, 0.29) is 17.3 Å². The molecule has 21 heavy (non-hydrogen) atoms. The van der Waals surface area contributed by atoms with Gasteiger partial charge in [-0.2, -0.15) is 0 Å². The smallest absolute Gasteiger partial charge is 0.300 e. The van der Waals surface area contributed by atoms with Crippen LogP contribution in [-0.2, 0) is 0 Å². The molecule has 0 atom stereocenters. The predicted molar refractivity (Wildman–Crippen MR) is 74.1 cm³/mol. The number of amides is 1. The van der Waals surface area contributed by atoms with Crippen LogP contribution in [0.4, 0.5) is 17.1 Å². The number of benzene rings is 1. The number of carbonyl (C=O) groups excluding carboxylic acids is 1. The normalized spacial score (nSPS) is 14.9. The van der Waals surface area contributed by atoms with E-state index >= 15 is 0 Å². The number of primary amides is 1. The Hall–Kier alpha value is -2.71. The third-order valence-corrected chi connectivity index (χ3v) is 3.48. The lowest BCUT2D eigenvalue weighted by Gasteiger charge is -2.14. The molecule has 9 nitrogen and oxygen atoms in total. The van der Waals surface area contributed by atoms with E-state index in [0.29, 0.717) is 0 Å². The summed E-state index contributed by atoms with van der Waals surface area (Å²) in [5, 5.41) is 25.1. The summed E-state index contributed by atoms with van der Waals surface area (Å²) in [5.41, 5.74) is 3.62. The predicted octanol–water partition coefficient (Wildman–Crippen LogP) is 1.96. The van der Waals surface area contributed by atoms with E-state index in [1.807, 2.05) is 0 Å². The molecule has 112 valence electrons. The van der Waals surface area contributed by atoms with Gasteiger partial charge < -0.3 is 11.1 Å². The van der Waals surface area contributed by atoms with E-state index < -0.39 is 27.1 Å². The third kappa shape index (κ3) is 3.07. The average Bonchev–Trinajstić information content (AvgIpc) is 2.90. The van der Waals surface area contributed by atoms with Crippen molar-refractivity contribution in [3.8, 4) is 0 Å². The van der Waals surface area contributed by atoms with E-state index in [0.717, 1.165) is 37.8 Å². The van der Waals surface area contributed by atoms with Gasteiger partial charge in [0.2, 0.25) is 5.91 Å². The summed E-state index contributed by atoms with van der Waals surface area (Å²) in [4.78, 5) is 31.9. The van der Waals surface area contributed by atoms with Crippen LogP contribution in [0.2, 0.25) is 0 Å². The van der Waals surface area contributed by atoms with E-state index in [9.17, 15) is 25.0 Å². The fourth-order valence-corrected chi connectivity index (χ4v) is 2.46. The zero-order valence-electron chi connectivity index (χ0n) is 11.1. The molecule has 2 rings (SSSR count). The number of nitrogens with two attached hydrogens (primary N) is 1. The summed E-state index contributed by atoms with van der Waals surface area (Å²) in [5.74, 6) is -0.950. The second-order valence-electron chi connectivity index (χ2n) is 4.89. The van der Waals surface area contributed by atoms with E-state index in [2.05, 4.69) is 5.32 Å². The summed E-state index contributed by atoms with van der Waals surface area (Å²) in [7, 11) is 0. The highest BCUT2D eigenvalue weighted by Crippen LogP contribution is 2.37. The average molecular weight is 294 g/mol. The van der Waals surface area contributed by atoms with Crippen molar-refractivity contribution in [2.75, 3.05) is 5.32 Å². The van der Waals surface area contributed by atoms with Crippen LogP contribution in [0.5, 0.6) is 0 Å². The molecule has 3 N–H and O–H groups in total. The molecule has 0 unspecified atom stereocenters. The number of hydrogen-bond donors (Lipinski definition) is 2. The molecule has 9 heteroatoms. The minimum Gasteiger partial charge on any atom is -0.371 e. The lowest BCUT2D eigenvalue weighted by molar-refractivity contribution is -0.392. The molecular weight excluding hydrogens is 280 g/mol. The molecule has 0 bridgehead atoms. The Kier molecular flexibility index (Phi) is 4.01. The quantitative estimate of drug-likeness (QED) is 0.627. The Morgan fingerprint density at radius 1 is 1.14 bits per heavy atom. The lowest BCUT2D eigenvalue weighted by atomic mass is 10.1. The van der Waals surface area contributed by atoms with Gasteiger partial charge in [0, 0.05) is 18.2 Å². The molecule has 1 saturated carbocycles. The Labute approximate surface area is 119 Å². The van der Waals surface area contributed by atoms with Crippen LogP contribution in [0.3, 0.4) is 0 Å². The van der Waals surface area contributed by atoms with Gasteiger partial charge in [0.1, 0.15) is 0 Å². The summed E-state index contributed by atoms with van der Waals surface area (Å²) in [6.45, 7) is 0. The maximum atomic E-state index is 11.2. The van der Waals surface area contributed by atoms with Crippen molar-refractivity contribution < 1.29 is 14.6 Å². The van der Waals surface area contributed by atoms with Crippen LogP contribution in [0.15, 0.2) is 12.1 Å². The standard InChI is InChI=1S/C12H14N4O5/c13-12(17)7-5-9(15(18)19)11(10(6-7)16(20)21)14-8-3-1-2-4-8/h5-6,8,14H,1-4H2,(H2,13,17). The first-order valence-electron chi connectivity index (χ1n) is 6.43. The van der Waals surface area contributed by atoms with Gasteiger partial charge in [0.05, 0.1) is 15.4 Å². The number of hydrogen-bond acceptors (Lipinski definition) is 6. The maximum absolute atomic E-state index is 11.2. The number of nitrogens with one attached hydrogen (secondary N) is 1. The number of anilines is 1. The summed E-state index contributed by atoms with van der Waals surface area (Å²) in [6, 6.07) is 1.89. The third-order valence-electron chi connectivity index (χ3n) is 3.48. The van der Waals surface area contributed by atoms with Crippen LogP contribution in [-0.4, -0.2) is 21.8 Å². The van der Waals surface area contributed by atoms with E-state index in [1.54, 1.807) is 0 Å². The van der Waals surface area contributed by atoms with Crippen LogP contribution in [0.25, 0.3) is 0 Å². The summed E-state index contributed by atoms with van der Waals surface area (Å²) >= 11 is 0. The molecule has 0 radical (unpaired) electrons. The Morgan fingerprint density at radius 2 is 1.62 bits per heavy atom. The van der Waals surface area contributed by atoms with Crippen molar-refractivity contribution in [2.24, 2.45) is 5.73 Å². The molecule has 1 aromatic rings. The molecule has 0 saturated heterocycles. The minimum atomic E-state index is -0.950. The van der Waals surface area contributed by atoms with Gasteiger partial charge >= 0.3 is 0 Å². The van der Waals surface area contributed by atoms with Crippen molar-refractivity contribution >= 4 is 23.0 Å². The van der Waals surface area contributed by atoms with Crippen LogP contribution in [0.1, 0.15) is 36.0 Å². The maximum Gasteiger partial charge on any atom is 0.300 e. The number of rotatable bonds is 5. The molecule has 0 aromatic heterocycles. The van der Waals surface area contributed by atoms with E-state index in [4.69, 9.17) is 5.73 Å². The molecule has 1 aromatic carbocycles. The molecule has 1 aliphatic rings. The summed E-state index contributed by atoms with van der Waals surface area (Å²) < 4.78 is 0. The highest BCUT2D eigenvalue weighted by molar-refractivity contribution is 5.96. The van der Waals surface area contributed by atoms with Gasteiger partial charge in [-0.1, -0.05) is 12.8 Å². The SMILES string of the molecule is NC(=O)c1cc([N+](=O)[O-])c(NC2CCCC2)c([N+](=O)[O-])c1. The molecule has 1 amide bonds. The molecule has 0 spiro atoms. The molecular formula is C12H14N4O5. The second-order valence-corrected chi connectivity index (χ2v) is 4.89. The van der Waals surface area contributed by atoms with Crippen LogP contribution in [0, 0.1) is 20.2 Å². The second kappa shape index (κ2) is 5.73. The fourth-order valence-electron chi connectivity index (χ4n) is 2.46. The van der Waals surface area contributed by atoms with Gasteiger partial charge in [0.15, 0.2) is 5.69 Å². The first kappa shape index (κ1) is 14.7. The summed E-state index contributed by atoms with van der Waals surface area (Å²) in [6.07, 6.45) is 3.54. The highest BCUT2D eigenvalue weighted by atomic mass is 16.6. The van der Waals surface area contributed by atoms with Crippen molar-refractivity contribution in [1.29, 1.82) is 0 Å². The van der Waals surface area contributed by atoms with Gasteiger partial charge in [-0.25, -0.2) is 0 Å². The van der Waals surface area contributed by atoms with Crippen molar-refractivity contribution in [3.63, 3.8) is 0 Å². The molecule has 0 heterocycles. The van der Waals surface area contributed by atoms with Crippen molar-refractivity contribution in [3.05, 3.63) is 37.9 Å². The Balaban J connectivity index is 2.54. The Bertz CT molecular complexity index is 575. The largest absolute Gasteiger partial charge is 0.371 e. The number of nitro groups is 2. The zero-order valence-corrected chi connectivity index (χ0v) is 11.1. The molecule has 0 aliphatic heterocycles. The zero-order chi connectivity index (χ0) is 15.6. The first-order chi connectivity index (χ1) is 9.90. The van der Waals surface area contributed by atoms with Crippen molar-refractivity contribution in [1.82, 2.24) is 0 Å². The lowest BCUT2D eigenvalue weighted by Crippen LogP contribution is -2.18. The minimum absolute atomic E-state index is 0.0400. The molecule has 1 aliphatic carbocycles. The monoisotopic (exact) mass is 294 g/mol. The van der Waals surface area contributed by atoms with Gasteiger partial charge in [0.25, 0.3) is 11.4 Å². The highest BCUT2D eigenvalue weighted by Gasteiger charge is 2.30. The number of nitrogens with zero attached hydrogens (tertiary/aromatic N) is 2. The first-order valence-corrected chi connectivity index (χ1v) is 6.43. The van der Waals surface area contributed by atoms with Gasteiger partial charge in [-0.3, -0.25) is 25.0 Å². The van der Waals surface area contributed by atoms with Gasteiger partial charge in [-0.15, -0.1) is 0 Å². The molecule has 1 fully saturated rings. The number of nitro benzene ring substituents is 2. The Morgan fingerprint density at radius 3 is 2.00 bits per heavy atom. The number of carbonyl (C=O) groups is 1. The van der Waals surface area contributed by atoms with Crippen LogP contribution >= 0.6 is 0 Å². The van der Waals surface area contributed by atoms with Crippen LogP contribution < -0.4 is 11.1 Å². The fraction of sp³-hybridized carbons (Fsp3) is 0.417. The van der Waals surface area contributed by atoms with E-state index in [1.165, 1.54) is 0 Å². The van der Waals surface area contributed by atoms with Crippen molar-refractivity contribution in [2.45, 2.75) is 31.7 Å². The topological polar surface area (TPSA) is 141 Å². The van der Waals surface area contributed by atoms with Gasteiger partial charge in [-0.05, 0) is 12.8 Å².